The maximum Gasteiger partial charge on any atom is 0.240 e. The summed E-state index contributed by atoms with van der Waals surface area (Å²) in [5.74, 6) is 0. The molecule has 0 saturated carbocycles. The molecule has 0 aromatic heterocycles. The van der Waals surface area contributed by atoms with Crippen molar-refractivity contribution in [2.45, 2.75) is 31.3 Å². The molecule has 2 aromatic rings. The summed E-state index contributed by atoms with van der Waals surface area (Å²) in [5, 5.41) is 0. The van der Waals surface area contributed by atoms with Gasteiger partial charge in [-0.15, -0.1) is 0 Å². The van der Waals surface area contributed by atoms with Crippen LogP contribution in [-0.2, 0) is 29.5 Å². The highest BCUT2D eigenvalue weighted by Gasteiger charge is 2.13. The fourth-order valence-electron chi connectivity index (χ4n) is 2.35. The Morgan fingerprint density at radius 1 is 0.870 bits per heavy atom. The second-order valence-corrected chi connectivity index (χ2v) is 7.79. The van der Waals surface area contributed by atoms with Crippen LogP contribution in [0.3, 0.4) is 0 Å². The summed E-state index contributed by atoms with van der Waals surface area (Å²) in [4.78, 5) is 1.66. The minimum absolute atomic E-state index is 0.299. The molecule has 0 atom stereocenters. The van der Waals surface area contributed by atoms with Gasteiger partial charge in [0.15, 0.2) is 0 Å². The van der Waals surface area contributed by atoms with E-state index < -0.39 is 10.0 Å². The predicted molar refractivity (Wildman–Crippen MR) is 92.8 cm³/mol. The van der Waals surface area contributed by atoms with Crippen LogP contribution in [0, 0.1) is 0 Å². The number of nitrogens with one attached hydrogen (secondary N) is 2. The largest absolute Gasteiger partial charge is 0.336 e. The second kappa shape index (κ2) is 7.73. The predicted octanol–water partition coefficient (Wildman–Crippen LogP) is 1.37. The lowest BCUT2D eigenvalue weighted by Crippen LogP contribution is -3.04. The molecule has 2 N–H and O–H groups in total. The summed E-state index contributed by atoms with van der Waals surface area (Å²) in [5.41, 5.74) is 3.32. The van der Waals surface area contributed by atoms with Crippen LogP contribution in [-0.4, -0.2) is 22.5 Å². The van der Waals surface area contributed by atoms with E-state index in [1.807, 2.05) is 43.3 Å². The van der Waals surface area contributed by atoms with E-state index in [-0.39, 0.29) is 0 Å². The van der Waals surface area contributed by atoms with E-state index in [9.17, 15) is 8.42 Å². The van der Waals surface area contributed by atoms with Gasteiger partial charge in [-0.3, -0.25) is 0 Å². The molecule has 0 heterocycles. The molecule has 0 bridgehead atoms. The van der Waals surface area contributed by atoms with Gasteiger partial charge in [-0.05, 0) is 29.7 Å². The van der Waals surface area contributed by atoms with Gasteiger partial charge in [0.2, 0.25) is 10.0 Å². The molecule has 2 aromatic carbocycles. The molecule has 0 saturated heterocycles. The van der Waals surface area contributed by atoms with E-state index in [4.69, 9.17) is 0 Å². The number of aryl methyl sites for hydroxylation is 1. The van der Waals surface area contributed by atoms with E-state index >= 15 is 0 Å². The first-order chi connectivity index (χ1) is 10.9. The van der Waals surface area contributed by atoms with Gasteiger partial charge in [0.1, 0.15) is 6.54 Å². The fourth-order valence-corrected chi connectivity index (χ4v) is 3.37. The maximum absolute atomic E-state index is 12.3. The topological polar surface area (TPSA) is 50.6 Å². The number of hydrogen-bond acceptors (Lipinski definition) is 2. The van der Waals surface area contributed by atoms with E-state index in [0.717, 1.165) is 24.1 Å². The molecule has 4 nitrogen and oxygen atoms in total. The van der Waals surface area contributed by atoms with Crippen molar-refractivity contribution in [3.8, 4) is 0 Å². The van der Waals surface area contributed by atoms with Crippen LogP contribution in [0.2, 0.25) is 0 Å². The van der Waals surface area contributed by atoms with Crippen molar-refractivity contribution in [2.75, 3.05) is 14.1 Å². The molecule has 0 spiro atoms. The summed E-state index contributed by atoms with van der Waals surface area (Å²) >= 11 is 0. The summed E-state index contributed by atoms with van der Waals surface area (Å²) in [6.07, 6.45) is 0.898. The van der Waals surface area contributed by atoms with Crippen molar-refractivity contribution in [1.29, 1.82) is 0 Å². The third-order valence-corrected chi connectivity index (χ3v) is 5.11. The van der Waals surface area contributed by atoms with E-state index in [1.54, 1.807) is 12.1 Å². The Kier molecular flexibility index (Phi) is 5.93. The van der Waals surface area contributed by atoms with E-state index in [2.05, 4.69) is 18.8 Å². The van der Waals surface area contributed by atoms with Crippen molar-refractivity contribution < 1.29 is 13.3 Å². The summed E-state index contributed by atoms with van der Waals surface area (Å²) in [6, 6.07) is 15.1. The van der Waals surface area contributed by atoms with Gasteiger partial charge < -0.3 is 4.90 Å². The molecule has 5 heteroatoms. The SMILES string of the molecule is CCc1ccc(S(=O)(=O)NCc2ccc(C[NH+](C)C)cc2)cc1. The Labute approximate surface area is 139 Å². The van der Waals surface area contributed by atoms with Crippen LogP contribution in [0.1, 0.15) is 23.6 Å². The summed E-state index contributed by atoms with van der Waals surface area (Å²) in [7, 11) is 0.739. The van der Waals surface area contributed by atoms with Crippen LogP contribution in [0.4, 0.5) is 0 Å². The Morgan fingerprint density at radius 3 is 1.91 bits per heavy atom. The monoisotopic (exact) mass is 333 g/mol. The Morgan fingerprint density at radius 2 is 1.39 bits per heavy atom. The first-order valence-electron chi connectivity index (χ1n) is 7.86. The second-order valence-electron chi connectivity index (χ2n) is 6.02. The molecule has 0 aliphatic carbocycles. The lowest BCUT2D eigenvalue weighted by Gasteiger charge is -2.09. The zero-order valence-corrected chi connectivity index (χ0v) is 14.8. The average Bonchev–Trinajstić information content (AvgIpc) is 2.54. The molecule has 0 aliphatic rings. The van der Waals surface area contributed by atoms with Crippen molar-refractivity contribution >= 4 is 10.0 Å². The molecule has 0 unspecified atom stereocenters. The fraction of sp³-hybridized carbons (Fsp3) is 0.333. The van der Waals surface area contributed by atoms with Gasteiger partial charge in [0.25, 0.3) is 0 Å². The van der Waals surface area contributed by atoms with Gasteiger partial charge >= 0.3 is 0 Å². The normalized spacial score (nSPS) is 11.8. The molecule has 2 rings (SSSR count). The number of sulfonamides is 1. The molecule has 0 amide bonds. The van der Waals surface area contributed by atoms with E-state index in [1.165, 1.54) is 10.5 Å². The van der Waals surface area contributed by atoms with Crippen LogP contribution in [0.5, 0.6) is 0 Å². The van der Waals surface area contributed by atoms with Crippen molar-refractivity contribution in [1.82, 2.24) is 4.72 Å². The minimum Gasteiger partial charge on any atom is -0.336 e. The van der Waals surface area contributed by atoms with Gasteiger partial charge in [-0.2, -0.15) is 0 Å². The third kappa shape index (κ3) is 5.16. The molecule has 0 fully saturated rings. The molecular formula is C18H25N2O2S+. The Balaban J connectivity index is 2.00. The smallest absolute Gasteiger partial charge is 0.240 e. The lowest BCUT2D eigenvalue weighted by atomic mass is 10.1. The van der Waals surface area contributed by atoms with Crippen LogP contribution >= 0.6 is 0 Å². The highest BCUT2D eigenvalue weighted by molar-refractivity contribution is 7.89. The number of rotatable bonds is 7. The standard InChI is InChI=1S/C18H24N2O2S/c1-4-15-9-11-18(12-10-15)23(21,22)19-13-16-5-7-17(8-6-16)14-20(2)3/h5-12,19H,4,13-14H2,1-3H3/p+1. The zero-order chi connectivity index (χ0) is 16.9. The quantitative estimate of drug-likeness (QED) is 0.804. The molecule has 124 valence electrons. The Bertz CT molecular complexity index is 721. The first kappa shape index (κ1) is 17.7. The van der Waals surface area contributed by atoms with Crippen LogP contribution in [0.25, 0.3) is 0 Å². The molecule has 0 radical (unpaired) electrons. The molecular weight excluding hydrogens is 308 g/mol. The Hall–Kier alpha value is -1.69. The number of benzene rings is 2. The summed E-state index contributed by atoms with van der Waals surface area (Å²) < 4.78 is 27.3. The third-order valence-electron chi connectivity index (χ3n) is 3.69. The molecule has 0 aliphatic heterocycles. The van der Waals surface area contributed by atoms with E-state index in [0.29, 0.717) is 11.4 Å². The van der Waals surface area contributed by atoms with Gasteiger partial charge in [-0.1, -0.05) is 43.3 Å². The van der Waals surface area contributed by atoms with Gasteiger partial charge in [-0.25, -0.2) is 13.1 Å². The minimum atomic E-state index is -3.47. The van der Waals surface area contributed by atoms with Gasteiger partial charge in [0.05, 0.1) is 19.0 Å². The lowest BCUT2D eigenvalue weighted by molar-refractivity contribution is -0.872. The van der Waals surface area contributed by atoms with Crippen molar-refractivity contribution in [3.05, 3.63) is 65.2 Å². The first-order valence-corrected chi connectivity index (χ1v) is 9.34. The zero-order valence-electron chi connectivity index (χ0n) is 14.0. The highest BCUT2D eigenvalue weighted by atomic mass is 32.2. The number of quaternary nitrogens is 1. The van der Waals surface area contributed by atoms with Gasteiger partial charge in [0, 0.05) is 12.1 Å². The maximum atomic E-state index is 12.3. The van der Waals surface area contributed by atoms with Crippen molar-refractivity contribution in [3.63, 3.8) is 0 Å². The van der Waals surface area contributed by atoms with Crippen LogP contribution < -0.4 is 9.62 Å². The highest BCUT2D eigenvalue weighted by Crippen LogP contribution is 2.12. The average molecular weight is 333 g/mol. The number of hydrogen-bond donors (Lipinski definition) is 2. The molecule has 23 heavy (non-hydrogen) atoms. The van der Waals surface area contributed by atoms with Crippen molar-refractivity contribution in [2.24, 2.45) is 0 Å². The summed E-state index contributed by atoms with van der Waals surface area (Å²) in [6.45, 7) is 3.30. The van der Waals surface area contributed by atoms with Crippen LogP contribution in [0.15, 0.2) is 53.4 Å².